The molecule has 0 saturated carbocycles. The van der Waals surface area contributed by atoms with E-state index in [1.807, 2.05) is 24.3 Å². The third-order valence-electron chi connectivity index (χ3n) is 5.15. The van der Waals surface area contributed by atoms with E-state index in [0.717, 1.165) is 51.0 Å². The molecule has 4 rings (SSSR count). The monoisotopic (exact) mass is 606 g/mol. The molecular weight excluding hydrogens is 582 g/mol. The maximum absolute atomic E-state index is 11.2. The van der Waals surface area contributed by atoms with Gasteiger partial charge in [0.05, 0.1) is 26.4 Å². The Balaban J connectivity index is 0.000000221. The number of carbonyl (C=O) groups is 3. The van der Waals surface area contributed by atoms with E-state index in [9.17, 15) is 40.7 Å². The molecule has 0 radical (unpaired) electrons. The molecule has 2 aromatic heterocycles. The van der Waals surface area contributed by atoms with Crippen LogP contribution in [0.25, 0.3) is 0 Å². The quantitative estimate of drug-likeness (QED) is 0.309. The summed E-state index contributed by atoms with van der Waals surface area (Å²) in [6.07, 6.45) is -11.2. The number of primary amides is 1. The lowest BCUT2D eigenvalue weighted by molar-refractivity contribution is -0.221. The number of pyridine rings is 2. The first-order valence-corrected chi connectivity index (χ1v) is 11.9. The van der Waals surface area contributed by atoms with E-state index in [4.69, 9.17) is 20.5 Å². The lowest BCUT2D eigenvalue weighted by atomic mass is 10.3. The zero-order valence-electron chi connectivity index (χ0n) is 21.7. The van der Waals surface area contributed by atoms with Crippen molar-refractivity contribution in [2.75, 3.05) is 62.4 Å². The summed E-state index contributed by atoms with van der Waals surface area (Å²) in [4.78, 5) is 42.9. The Morgan fingerprint density at radius 3 is 1.62 bits per heavy atom. The van der Waals surface area contributed by atoms with Gasteiger partial charge in [-0.25, -0.2) is 19.6 Å². The van der Waals surface area contributed by atoms with Crippen LogP contribution in [0.5, 0.6) is 0 Å². The third-order valence-corrected chi connectivity index (χ3v) is 5.15. The summed E-state index contributed by atoms with van der Waals surface area (Å²) < 4.78 is 80.2. The Labute approximate surface area is 234 Å². The van der Waals surface area contributed by atoms with Gasteiger partial charge in [0.15, 0.2) is 0 Å². The molecule has 0 atom stereocenters. The van der Waals surface area contributed by atoms with E-state index < -0.39 is 30.2 Å². The van der Waals surface area contributed by atoms with Crippen LogP contribution in [0.1, 0.15) is 16.2 Å². The average Bonchev–Trinajstić information content (AvgIpc) is 2.98. The van der Waals surface area contributed by atoms with Gasteiger partial charge in [0.25, 0.3) is 5.91 Å². The van der Waals surface area contributed by atoms with E-state index in [1.165, 1.54) is 0 Å². The van der Waals surface area contributed by atoms with Gasteiger partial charge in [-0.1, -0.05) is 12.1 Å². The largest absolute Gasteiger partial charge is 0.491 e. The zero-order chi connectivity index (χ0) is 31.3. The van der Waals surface area contributed by atoms with Gasteiger partial charge < -0.3 is 29.7 Å². The molecule has 18 heteroatoms. The number of anilines is 2. The highest BCUT2D eigenvalue weighted by Gasteiger charge is 2.49. The van der Waals surface area contributed by atoms with Crippen LogP contribution in [0.4, 0.5) is 38.0 Å². The van der Waals surface area contributed by atoms with Gasteiger partial charge in [-0.15, -0.1) is 0 Å². The molecule has 0 bridgehead atoms. The average molecular weight is 606 g/mol. The fourth-order valence-electron chi connectivity index (χ4n) is 3.18. The Bertz CT molecular complexity index is 1230. The van der Waals surface area contributed by atoms with Crippen LogP contribution in [0.2, 0.25) is 0 Å². The maximum atomic E-state index is 11.2. The Hall–Kier alpha value is -4.50. The molecule has 0 aliphatic carbocycles. The molecule has 2 N–H and O–H groups in total. The van der Waals surface area contributed by atoms with Crippen LogP contribution in [0, 0.1) is 11.3 Å². The predicted molar refractivity (Wildman–Crippen MR) is 131 cm³/mol. The molecule has 12 nitrogen and oxygen atoms in total. The van der Waals surface area contributed by atoms with Gasteiger partial charge in [-0.2, -0.15) is 31.6 Å². The molecule has 0 unspecified atom stereocenters. The van der Waals surface area contributed by atoms with Gasteiger partial charge in [-0.3, -0.25) is 4.79 Å². The number of amides is 1. The van der Waals surface area contributed by atoms with Gasteiger partial charge in [0.2, 0.25) is 0 Å². The number of rotatable bonds is 3. The van der Waals surface area contributed by atoms with Crippen molar-refractivity contribution in [2.45, 2.75) is 12.4 Å². The SMILES string of the molecule is N#Cc1cccc(N2CCOCC2)n1.NC(=O)c1cccc(N2CCOCC2)n1.O=C(OC(=O)C(F)(F)F)C(F)(F)F. The fourth-order valence-corrected chi connectivity index (χ4v) is 3.18. The van der Waals surface area contributed by atoms with E-state index >= 15 is 0 Å². The second kappa shape index (κ2) is 15.5. The molecule has 2 fully saturated rings. The topological polar surface area (TPSA) is 161 Å². The number of nitriles is 1. The second-order valence-electron chi connectivity index (χ2n) is 8.11. The molecule has 42 heavy (non-hydrogen) atoms. The van der Waals surface area contributed by atoms with E-state index in [0.29, 0.717) is 24.6 Å². The number of nitrogens with zero attached hydrogens (tertiary/aromatic N) is 5. The van der Waals surface area contributed by atoms with Crippen molar-refractivity contribution in [3.05, 3.63) is 47.8 Å². The highest BCUT2D eigenvalue weighted by Crippen LogP contribution is 2.21. The van der Waals surface area contributed by atoms with Crippen molar-refractivity contribution in [1.82, 2.24) is 9.97 Å². The first-order chi connectivity index (χ1) is 19.7. The van der Waals surface area contributed by atoms with Gasteiger partial charge >= 0.3 is 24.3 Å². The second-order valence-corrected chi connectivity index (χ2v) is 8.11. The molecule has 1 amide bonds. The third kappa shape index (κ3) is 11.2. The highest BCUT2D eigenvalue weighted by molar-refractivity contribution is 5.91. The lowest BCUT2D eigenvalue weighted by Gasteiger charge is -2.27. The predicted octanol–water partition coefficient (Wildman–Crippen LogP) is 1.99. The van der Waals surface area contributed by atoms with Gasteiger partial charge in [0.1, 0.15) is 29.1 Å². The number of esters is 2. The van der Waals surface area contributed by atoms with Crippen LogP contribution in [-0.2, 0) is 23.8 Å². The summed E-state index contributed by atoms with van der Waals surface area (Å²) in [5.74, 6) is -5.24. The molecule has 2 aliphatic heterocycles. The van der Waals surface area contributed by atoms with Crippen molar-refractivity contribution in [2.24, 2.45) is 5.73 Å². The molecular formula is C24H24F6N6O6. The first kappa shape index (κ1) is 33.7. The number of nitrogens with two attached hydrogens (primary N) is 1. The van der Waals surface area contributed by atoms with Crippen molar-refractivity contribution in [1.29, 1.82) is 5.26 Å². The zero-order valence-corrected chi connectivity index (χ0v) is 21.7. The Kier molecular flexibility index (Phi) is 12.4. The Morgan fingerprint density at radius 2 is 1.21 bits per heavy atom. The Morgan fingerprint density at radius 1 is 0.786 bits per heavy atom. The number of hydrogen-bond donors (Lipinski definition) is 1. The number of ether oxygens (including phenoxy) is 3. The molecule has 0 aromatic carbocycles. The lowest BCUT2D eigenvalue weighted by Crippen LogP contribution is -2.37. The molecule has 2 aliphatic rings. The molecule has 0 spiro atoms. The summed E-state index contributed by atoms with van der Waals surface area (Å²) in [5, 5.41) is 8.70. The van der Waals surface area contributed by atoms with Crippen LogP contribution in [-0.4, -0.2) is 92.8 Å². The summed E-state index contributed by atoms with van der Waals surface area (Å²) in [6, 6.07) is 12.8. The number of carbonyl (C=O) groups excluding carboxylic acids is 3. The van der Waals surface area contributed by atoms with Crippen molar-refractivity contribution in [3.63, 3.8) is 0 Å². The molecule has 228 valence electrons. The van der Waals surface area contributed by atoms with E-state index in [2.05, 4.69) is 24.5 Å². The smallest absolute Gasteiger partial charge is 0.380 e. The molecule has 2 saturated heterocycles. The number of alkyl halides is 6. The van der Waals surface area contributed by atoms with Crippen LogP contribution in [0.3, 0.4) is 0 Å². The molecule has 2 aromatic rings. The number of morpholine rings is 2. The standard InChI is InChI=1S/C10H13N3O2.C10H11N3O.C4F6O3/c11-10(14)8-2-1-3-9(12-8)13-4-6-15-7-5-13;11-8-9-2-1-3-10(12-9)13-4-6-14-7-5-13;5-3(6,7)1(11)13-2(12)4(8,9)10/h1-3H,4-7H2,(H2,11,14);1-3H,4-7H2;. The number of halogens is 6. The van der Waals surface area contributed by atoms with Crippen LogP contribution < -0.4 is 15.5 Å². The van der Waals surface area contributed by atoms with Crippen molar-refractivity contribution < 1.29 is 54.9 Å². The fraction of sp³-hybridized carbons (Fsp3) is 0.417. The summed E-state index contributed by atoms with van der Waals surface area (Å²) in [5.41, 5.74) is 5.94. The first-order valence-electron chi connectivity index (χ1n) is 11.9. The van der Waals surface area contributed by atoms with Gasteiger partial charge in [-0.05, 0) is 24.3 Å². The minimum atomic E-state index is -5.62. The van der Waals surface area contributed by atoms with Crippen LogP contribution >= 0.6 is 0 Å². The highest BCUT2D eigenvalue weighted by atomic mass is 19.4. The van der Waals surface area contributed by atoms with E-state index in [-0.39, 0.29) is 0 Å². The summed E-state index contributed by atoms with van der Waals surface area (Å²) in [6.45, 7) is 6.16. The minimum absolute atomic E-state index is 0.305. The number of hydrogen-bond acceptors (Lipinski definition) is 11. The molecule has 4 heterocycles. The normalized spacial score (nSPS) is 15.2. The van der Waals surface area contributed by atoms with Gasteiger partial charge in [0, 0.05) is 26.2 Å². The maximum Gasteiger partial charge on any atom is 0.491 e. The van der Waals surface area contributed by atoms with Crippen molar-refractivity contribution >= 4 is 29.5 Å². The number of aromatic nitrogens is 2. The minimum Gasteiger partial charge on any atom is -0.380 e. The van der Waals surface area contributed by atoms with E-state index in [1.54, 1.807) is 18.2 Å². The van der Waals surface area contributed by atoms with Crippen molar-refractivity contribution in [3.8, 4) is 6.07 Å². The summed E-state index contributed by atoms with van der Waals surface area (Å²) in [7, 11) is 0. The van der Waals surface area contributed by atoms with Crippen LogP contribution in [0.15, 0.2) is 36.4 Å². The summed E-state index contributed by atoms with van der Waals surface area (Å²) >= 11 is 0.